The van der Waals surface area contributed by atoms with Crippen LogP contribution < -0.4 is 5.32 Å². The standard InChI is InChI=1S/C19H23NO/c1-3-17(4-2)20-19(21)18(15-11-7-5-8-12-15)16-13-9-6-10-14-16/h5-14,17-18H,3-4H2,1-2H3,(H,20,21). The third kappa shape index (κ3) is 3.94. The number of hydrogen-bond acceptors (Lipinski definition) is 1. The van der Waals surface area contributed by atoms with E-state index in [9.17, 15) is 4.79 Å². The number of carbonyl (C=O) groups excluding carboxylic acids is 1. The molecule has 0 heterocycles. The van der Waals surface area contributed by atoms with E-state index in [1.165, 1.54) is 0 Å². The Hall–Kier alpha value is -2.09. The van der Waals surface area contributed by atoms with E-state index in [0.29, 0.717) is 0 Å². The zero-order valence-corrected chi connectivity index (χ0v) is 12.8. The molecule has 0 saturated heterocycles. The van der Waals surface area contributed by atoms with Crippen LogP contribution in [0.1, 0.15) is 43.7 Å². The molecule has 0 saturated carbocycles. The van der Waals surface area contributed by atoms with Crippen molar-refractivity contribution >= 4 is 5.91 Å². The third-order valence-corrected chi connectivity index (χ3v) is 3.86. The van der Waals surface area contributed by atoms with Gasteiger partial charge in [0.05, 0.1) is 5.92 Å². The predicted molar refractivity (Wildman–Crippen MR) is 87.2 cm³/mol. The lowest BCUT2D eigenvalue weighted by molar-refractivity contribution is -0.122. The molecule has 0 bridgehead atoms. The van der Waals surface area contributed by atoms with Crippen molar-refractivity contribution in [1.29, 1.82) is 0 Å². The van der Waals surface area contributed by atoms with Crippen molar-refractivity contribution in [2.75, 3.05) is 0 Å². The smallest absolute Gasteiger partial charge is 0.232 e. The van der Waals surface area contributed by atoms with Crippen molar-refractivity contribution in [3.05, 3.63) is 71.8 Å². The first-order valence-electron chi connectivity index (χ1n) is 7.66. The molecule has 0 aliphatic carbocycles. The fraction of sp³-hybridized carbons (Fsp3) is 0.316. The number of nitrogens with one attached hydrogen (secondary N) is 1. The summed E-state index contributed by atoms with van der Waals surface area (Å²) in [5, 5.41) is 3.17. The molecule has 2 rings (SSSR count). The summed E-state index contributed by atoms with van der Waals surface area (Å²) in [5.74, 6) is -0.158. The van der Waals surface area contributed by atoms with E-state index in [-0.39, 0.29) is 17.9 Å². The van der Waals surface area contributed by atoms with Gasteiger partial charge in [0.1, 0.15) is 0 Å². The van der Waals surface area contributed by atoms with Gasteiger partial charge in [-0.1, -0.05) is 74.5 Å². The van der Waals surface area contributed by atoms with Crippen LogP contribution in [-0.2, 0) is 4.79 Å². The average molecular weight is 281 g/mol. The highest BCUT2D eigenvalue weighted by Crippen LogP contribution is 2.25. The van der Waals surface area contributed by atoms with Crippen LogP contribution in [0.2, 0.25) is 0 Å². The molecule has 21 heavy (non-hydrogen) atoms. The van der Waals surface area contributed by atoms with Gasteiger partial charge < -0.3 is 5.32 Å². The molecular formula is C19H23NO. The van der Waals surface area contributed by atoms with E-state index in [1.54, 1.807) is 0 Å². The molecule has 0 atom stereocenters. The first-order chi connectivity index (χ1) is 10.3. The van der Waals surface area contributed by atoms with Crippen molar-refractivity contribution in [2.24, 2.45) is 0 Å². The lowest BCUT2D eigenvalue weighted by Crippen LogP contribution is -2.37. The summed E-state index contributed by atoms with van der Waals surface area (Å²) >= 11 is 0. The Morgan fingerprint density at radius 3 is 1.67 bits per heavy atom. The molecule has 0 spiro atoms. The summed E-state index contributed by atoms with van der Waals surface area (Å²) < 4.78 is 0. The van der Waals surface area contributed by atoms with Gasteiger partial charge in [-0.25, -0.2) is 0 Å². The Morgan fingerprint density at radius 2 is 1.29 bits per heavy atom. The van der Waals surface area contributed by atoms with Crippen LogP contribution in [0.3, 0.4) is 0 Å². The Balaban J connectivity index is 2.31. The highest BCUT2D eigenvalue weighted by atomic mass is 16.1. The molecule has 1 amide bonds. The normalized spacial score (nSPS) is 10.9. The number of carbonyl (C=O) groups is 1. The van der Waals surface area contributed by atoms with Crippen molar-refractivity contribution in [3.8, 4) is 0 Å². The van der Waals surface area contributed by atoms with E-state index >= 15 is 0 Å². The largest absolute Gasteiger partial charge is 0.353 e. The maximum atomic E-state index is 12.8. The summed E-state index contributed by atoms with van der Waals surface area (Å²) in [6.07, 6.45) is 1.91. The van der Waals surface area contributed by atoms with E-state index in [4.69, 9.17) is 0 Å². The molecule has 0 unspecified atom stereocenters. The average Bonchev–Trinajstić information content (AvgIpc) is 2.55. The van der Waals surface area contributed by atoms with Gasteiger partial charge in [-0.15, -0.1) is 0 Å². The summed E-state index contributed by atoms with van der Waals surface area (Å²) in [6, 6.07) is 20.2. The molecule has 0 aromatic heterocycles. The SMILES string of the molecule is CCC(CC)NC(=O)C(c1ccccc1)c1ccccc1. The molecule has 110 valence electrons. The van der Waals surface area contributed by atoms with Crippen LogP contribution in [0.15, 0.2) is 60.7 Å². The summed E-state index contributed by atoms with van der Waals surface area (Å²) in [5.41, 5.74) is 2.07. The lowest BCUT2D eigenvalue weighted by atomic mass is 9.90. The van der Waals surface area contributed by atoms with Gasteiger partial charge in [-0.05, 0) is 24.0 Å². The van der Waals surface area contributed by atoms with Gasteiger partial charge in [0.25, 0.3) is 0 Å². The first kappa shape index (κ1) is 15.3. The van der Waals surface area contributed by atoms with Crippen LogP contribution in [0.4, 0.5) is 0 Å². The lowest BCUT2D eigenvalue weighted by Gasteiger charge is -2.22. The van der Waals surface area contributed by atoms with Gasteiger partial charge in [0.15, 0.2) is 0 Å². The van der Waals surface area contributed by atoms with Crippen LogP contribution in [0.25, 0.3) is 0 Å². The fourth-order valence-electron chi connectivity index (χ4n) is 2.56. The molecule has 0 aliphatic heterocycles. The number of rotatable bonds is 6. The molecule has 2 heteroatoms. The van der Waals surface area contributed by atoms with Gasteiger partial charge in [-0.2, -0.15) is 0 Å². The molecule has 2 aromatic rings. The van der Waals surface area contributed by atoms with Gasteiger partial charge in [-0.3, -0.25) is 4.79 Å². The minimum atomic E-state index is -0.243. The van der Waals surface area contributed by atoms with E-state index in [1.807, 2.05) is 60.7 Å². The second-order valence-electron chi connectivity index (χ2n) is 5.28. The van der Waals surface area contributed by atoms with Gasteiger partial charge >= 0.3 is 0 Å². The highest BCUT2D eigenvalue weighted by molar-refractivity contribution is 5.87. The number of benzene rings is 2. The quantitative estimate of drug-likeness (QED) is 0.847. The Labute approximate surface area is 127 Å². The molecule has 0 aliphatic rings. The minimum Gasteiger partial charge on any atom is -0.353 e. The Kier molecular flexibility index (Phi) is 5.56. The molecule has 0 fully saturated rings. The fourth-order valence-corrected chi connectivity index (χ4v) is 2.56. The molecule has 2 aromatic carbocycles. The second kappa shape index (κ2) is 7.63. The van der Waals surface area contributed by atoms with Gasteiger partial charge in [0, 0.05) is 6.04 Å². The second-order valence-corrected chi connectivity index (χ2v) is 5.28. The van der Waals surface area contributed by atoms with Gasteiger partial charge in [0.2, 0.25) is 5.91 Å². The molecular weight excluding hydrogens is 258 g/mol. The maximum Gasteiger partial charge on any atom is 0.232 e. The Bertz CT molecular complexity index is 507. The van der Waals surface area contributed by atoms with Crippen molar-refractivity contribution in [2.45, 2.75) is 38.6 Å². The van der Waals surface area contributed by atoms with Crippen LogP contribution >= 0.6 is 0 Å². The highest BCUT2D eigenvalue weighted by Gasteiger charge is 2.23. The number of amides is 1. The maximum absolute atomic E-state index is 12.8. The molecule has 0 radical (unpaired) electrons. The summed E-state index contributed by atoms with van der Waals surface area (Å²) in [7, 11) is 0. The Morgan fingerprint density at radius 1 is 0.857 bits per heavy atom. The number of hydrogen-bond donors (Lipinski definition) is 1. The summed E-state index contributed by atoms with van der Waals surface area (Å²) in [6.45, 7) is 4.21. The topological polar surface area (TPSA) is 29.1 Å². The van der Waals surface area contributed by atoms with Crippen molar-refractivity contribution < 1.29 is 4.79 Å². The van der Waals surface area contributed by atoms with Crippen LogP contribution in [-0.4, -0.2) is 11.9 Å². The van der Waals surface area contributed by atoms with Crippen LogP contribution in [0.5, 0.6) is 0 Å². The zero-order valence-electron chi connectivity index (χ0n) is 12.8. The minimum absolute atomic E-state index is 0.0844. The molecule has 1 N–H and O–H groups in total. The first-order valence-corrected chi connectivity index (χ1v) is 7.66. The molecule has 2 nitrogen and oxygen atoms in total. The van der Waals surface area contributed by atoms with E-state index < -0.39 is 0 Å². The monoisotopic (exact) mass is 281 g/mol. The van der Waals surface area contributed by atoms with E-state index in [2.05, 4.69) is 19.2 Å². The third-order valence-electron chi connectivity index (χ3n) is 3.86. The zero-order chi connectivity index (χ0) is 15.1. The summed E-state index contributed by atoms with van der Waals surface area (Å²) in [4.78, 5) is 12.8. The van der Waals surface area contributed by atoms with Crippen molar-refractivity contribution in [1.82, 2.24) is 5.32 Å². The van der Waals surface area contributed by atoms with Crippen LogP contribution in [0, 0.1) is 0 Å². The predicted octanol–water partition coefficient (Wildman–Crippen LogP) is 4.12. The van der Waals surface area contributed by atoms with E-state index in [0.717, 1.165) is 24.0 Å². The van der Waals surface area contributed by atoms with Crippen molar-refractivity contribution in [3.63, 3.8) is 0 Å².